The number of anilines is 1. The maximum Gasteiger partial charge on any atom is 0.191 e. The molecular weight excluding hydrogens is 442 g/mol. The highest BCUT2D eigenvalue weighted by molar-refractivity contribution is 7.80. The van der Waals surface area contributed by atoms with E-state index in [-0.39, 0.29) is 5.60 Å². The van der Waals surface area contributed by atoms with Gasteiger partial charge in [-0.2, -0.15) is 5.10 Å². The Balaban J connectivity index is 1.53. The third-order valence-corrected chi connectivity index (χ3v) is 6.24. The Morgan fingerprint density at radius 3 is 2.59 bits per heavy atom. The zero-order valence-corrected chi connectivity index (χ0v) is 21.2. The summed E-state index contributed by atoms with van der Waals surface area (Å²) < 4.78 is 12.3. The smallest absolute Gasteiger partial charge is 0.191 e. The fraction of sp³-hybridized carbons (Fsp3) is 0.286. The summed E-state index contributed by atoms with van der Waals surface area (Å²) in [6.45, 7) is 10.9. The van der Waals surface area contributed by atoms with E-state index in [0.29, 0.717) is 18.1 Å². The van der Waals surface area contributed by atoms with Crippen LogP contribution in [-0.4, -0.2) is 16.4 Å². The first-order valence-corrected chi connectivity index (χ1v) is 11.8. The summed E-state index contributed by atoms with van der Waals surface area (Å²) >= 11 is 5.51. The van der Waals surface area contributed by atoms with E-state index in [0.717, 1.165) is 39.6 Å². The lowest BCUT2D eigenvalue weighted by molar-refractivity contribution is 0.111. The van der Waals surface area contributed by atoms with Crippen LogP contribution in [-0.2, 0) is 6.61 Å². The molecule has 1 heterocycles. The molecule has 0 bridgehead atoms. The van der Waals surface area contributed by atoms with Gasteiger partial charge in [-0.1, -0.05) is 36.4 Å². The fourth-order valence-electron chi connectivity index (χ4n) is 3.93. The van der Waals surface area contributed by atoms with Gasteiger partial charge in [0.1, 0.15) is 23.7 Å². The first kappa shape index (κ1) is 23.8. The van der Waals surface area contributed by atoms with Crippen LogP contribution in [0.15, 0.2) is 65.8 Å². The number of fused-ring (bicyclic) bond motifs is 1. The third-order valence-electron chi connectivity index (χ3n) is 6.04. The standard InChI is InChI=1S/C28H31N3O2S/c1-18-10-8-12-24(20(18)3)29-27(34)31-30-25-16-28(4,5)33-26-14-13-22(15-23(25)26)32-17-21-11-7-6-9-19(21)2/h6-15H,16-17H2,1-5H3,(H2,29,31,34)/b30-25-. The summed E-state index contributed by atoms with van der Waals surface area (Å²) in [6, 6.07) is 20.2. The van der Waals surface area contributed by atoms with Crippen molar-refractivity contribution < 1.29 is 9.47 Å². The molecule has 0 amide bonds. The van der Waals surface area contributed by atoms with Gasteiger partial charge < -0.3 is 14.8 Å². The van der Waals surface area contributed by atoms with E-state index in [1.54, 1.807) is 0 Å². The summed E-state index contributed by atoms with van der Waals surface area (Å²) in [5, 5.41) is 8.36. The number of nitrogens with one attached hydrogen (secondary N) is 2. The van der Waals surface area contributed by atoms with Crippen molar-refractivity contribution in [3.05, 3.63) is 88.5 Å². The quantitative estimate of drug-likeness (QED) is 0.330. The Labute approximate surface area is 207 Å². The number of hydrogen-bond acceptors (Lipinski definition) is 4. The van der Waals surface area contributed by atoms with Crippen molar-refractivity contribution in [3.8, 4) is 11.5 Å². The van der Waals surface area contributed by atoms with E-state index in [1.807, 2.05) is 42.5 Å². The van der Waals surface area contributed by atoms with E-state index in [4.69, 9.17) is 21.7 Å². The van der Waals surface area contributed by atoms with Crippen molar-refractivity contribution in [1.82, 2.24) is 5.43 Å². The summed E-state index contributed by atoms with van der Waals surface area (Å²) in [7, 11) is 0. The monoisotopic (exact) mass is 473 g/mol. The van der Waals surface area contributed by atoms with Crippen molar-refractivity contribution in [3.63, 3.8) is 0 Å². The van der Waals surface area contributed by atoms with Crippen LogP contribution >= 0.6 is 12.2 Å². The molecule has 1 aliphatic heterocycles. The third kappa shape index (κ3) is 5.57. The van der Waals surface area contributed by atoms with Gasteiger partial charge >= 0.3 is 0 Å². The van der Waals surface area contributed by atoms with Crippen LogP contribution in [0.3, 0.4) is 0 Å². The number of hydrogen-bond donors (Lipinski definition) is 2. The van der Waals surface area contributed by atoms with Crippen molar-refractivity contribution >= 4 is 28.7 Å². The van der Waals surface area contributed by atoms with E-state index in [9.17, 15) is 0 Å². The molecule has 0 unspecified atom stereocenters. The topological polar surface area (TPSA) is 54.9 Å². The molecule has 6 heteroatoms. The van der Waals surface area contributed by atoms with Gasteiger partial charge in [0.2, 0.25) is 0 Å². The number of hydrazone groups is 1. The molecule has 5 nitrogen and oxygen atoms in total. The maximum absolute atomic E-state index is 6.21. The van der Waals surface area contributed by atoms with Crippen molar-refractivity contribution in [1.29, 1.82) is 0 Å². The molecule has 4 rings (SSSR count). The zero-order chi connectivity index (χ0) is 24.3. The highest BCUT2D eigenvalue weighted by Crippen LogP contribution is 2.35. The second-order valence-corrected chi connectivity index (χ2v) is 9.69. The van der Waals surface area contributed by atoms with E-state index in [1.165, 1.54) is 11.1 Å². The molecule has 0 radical (unpaired) electrons. The number of ether oxygens (including phenoxy) is 2. The number of aryl methyl sites for hydroxylation is 2. The largest absolute Gasteiger partial charge is 0.489 e. The van der Waals surface area contributed by atoms with Crippen molar-refractivity contribution in [2.24, 2.45) is 5.10 Å². The van der Waals surface area contributed by atoms with Crippen molar-refractivity contribution in [2.45, 2.75) is 53.2 Å². The van der Waals surface area contributed by atoms with Gasteiger partial charge in [0.25, 0.3) is 0 Å². The molecule has 0 aromatic heterocycles. The zero-order valence-electron chi connectivity index (χ0n) is 20.4. The van der Waals surface area contributed by atoms with E-state index >= 15 is 0 Å². The van der Waals surface area contributed by atoms with Crippen LogP contribution in [0.4, 0.5) is 5.69 Å². The Morgan fingerprint density at radius 1 is 1.03 bits per heavy atom. The molecular formula is C28H31N3O2S. The minimum atomic E-state index is -0.376. The first-order chi connectivity index (χ1) is 16.2. The molecule has 2 N–H and O–H groups in total. The molecule has 0 atom stereocenters. The average Bonchev–Trinajstić information content (AvgIpc) is 2.79. The molecule has 3 aromatic carbocycles. The second-order valence-electron chi connectivity index (χ2n) is 9.28. The van der Waals surface area contributed by atoms with Gasteiger partial charge in [-0.15, -0.1) is 0 Å². The molecule has 0 saturated heterocycles. The van der Waals surface area contributed by atoms with Gasteiger partial charge in [-0.3, -0.25) is 5.43 Å². The van der Waals surface area contributed by atoms with Crippen LogP contribution in [0.2, 0.25) is 0 Å². The second kappa shape index (κ2) is 9.85. The molecule has 1 aliphatic rings. The van der Waals surface area contributed by atoms with Crippen LogP contribution in [0, 0.1) is 20.8 Å². The fourth-order valence-corrected chi connectivity index (χ4v) is 4.09. The minimum absolute atomic E-state index is 0.376. The molecule has 34 heavy (non-hydrogen) atoms. The minimum Gasteiger partial charge on any atom is -0.489 e. The van der Waals surface area contributed by atoms with Gasteiger partial charge in [0.15, 0.2) is 5.11 Å². The Hall–Kier alpha value is -3.38. The normalized spacial score (nSPS) is 15.3. The lowest BCUT2D eigenvalue weighted by Gasteiger charge is -2.33. The molecule has 0 spiro atoms. The number of thiocarbonyl (C=S) groups is 1. The van der Waals surface area contributed by atoms with Gasteiger partial charge in [-0.25, -0.2) is 0 Å². The Bertz CT molecular complexity index is 1250. The lowest BCUT2D eigenvalue weighted by atomic mass is 9.92. The van der Waals surface area contributed by atoms with Gasteiger partial charge in [0.05, 0.1) is 5.71 Å². The van der Waals surface area contributed by atoms with Crippen LogP contribution in [0.1, 0.15) is 48.1 Å². The molecule has 0 fully saturated rings. The predicted molar refractivity (Wildman–Crippen MR) is 143 cm³/mol. The highest BCUT2D eigenvalue weighted by atomic mass is 32.1. The average molecular weight is 474 g/mol. The van der Waals surface area contributed by atoms with Gasteiger partial charge in [-0.05, 0) is 93.4 Å². The summed E-state index contributed by atoms with van der Waals surface area (Å²) in [5.41, 5.74) is 10.1. The molecule has 3 aromatic rings. The summed E-state index contributed by atoms with van der Waals surface area (Å²) in [5.74, 6) is 1.56. The summed E-state index contributed by atoms with van der Waals surface area (Å²) in [6.07, 6.45) is 0.639. The number of rotatable bonds is 5. The van der Waals surface area contributed by atoms with Crippen LogP contribution in [0.25, 0.3) is 0 Å². The number of nitrogens with zero attached hydrogens (tertiary/aromatic N) is 1. The maximum atomic E-state index is 6.21. The predicted octanol–water partition coefficient (Wildman–Crippen LogP) is 6.44. The van der Waals surface area contributed by atoms with E-state index < -0.39 is 0 Å². The molecule has 176 valence electrons. The highest BCUT2D eigenvalue weighted by Gasteiger charge is 2.31. The summed E-state index contributed by atoms with van der Waals surface area (Å²) in [4.78, 5) is 0. The number of benzene rings is 3. The van der Waals surface area contributed by atoms with E-state index in [2.05, 4.69) is 68.7 Å². The SMILES string of the molecule is Cc1ccccc1COc1ccc2c(c1)/C(=N\NC(=S)Nc1cccc(C)c1C)CC(C)(C)O2. The van der Waals surface area contributed by atoms with Crippen LogP contribution < -0.4 is 20.2 Å². The van der Waals surface area contributed by atoms with Gasteiger partial charge in [0, 0.05) is 17.7 Å². The first-order valence-electron chi connectivity index (χ1n) is 11.4. The van der Waals surface area contributed by atoms with Crippen molar-refractivity contribution in [2.75, 3.05) is 5.32 Å². The lowest BCUT2D eigenvalue weighted by Crippen LogP contribution is -2.37. The Morgan fingerprint density at radius 2 is 1.79 bits per heavy atom. The Kier molecular flexibility index (Phi) is 6.89. The molecule has 0 aliphatic carbocycles. The van der Waals surface area contributed by atoms with Crippen LogP contribution in [0.5, 0.6) is 11.5 Å². The molecule has 0 saturated carbocycles.